The predicted octanol–water partition coefficient (Wildman–Crippen LogP) is 3.75. The molecule has 0 rings (SSSR count). The first-order valence-corrected chi connectivity index (χ1v) is 7.16. The summed E-state index contributed by atoms with van der Waals surface area (Å²) in [6.07, 6.45) is 11.6. The number of carbonyl (C=O) groups excluding carboxylic acids is 1. The van der Waals surface area contributed by atoms with Crippen LogP contribution < -0.4 is 0 Å². The molecule has 18 heavy (non-hydrogen) atoms. The van der Waals surface area contributed by atoms with Gasteiger partial charge >= 0.3 is 0 Å². The van der Waals surface area contributed by atoms with Crippen LogP contribution in [0.3, 0.4) is 0 Å². The fraction of sp³-hybridized carbons (Fsp3) is 0.800. The molecule has 0 radical (unpaired) electrons. The Morgan fingerprint density at radius 1 is 1.11 bits per heavy atom. The highest BCUT2D eigenvalue weighted by Gasteiger charge is 2.08. The number of unbranched alkanes of at least 4 members (excludes halogenated alkanes) is 7. The van der Waals surface area contributed by atoms with Crippen molar-refractivity contribution in [2.75, 3.05) is 20.4 Å². The minimum Gasteiger partial charge on any atom is -0.364 e. The van der Waals surface area contributed by atoms with Gasteiger partial charge in [-0.3, -0.25) is 4.79 Å². The highest BCUT2D eigenvalue weighted by atomic mass is 16.5. The fourth-order valence-corrected chi connectivity index (χ4v) is 1.96. The molecule has 0 heterocycles. The molecule has 0 aromatic rings. The molecule has 0 spiro atoms. The third kappa shape index (κ3) is 9.23. The molecule has 1 amide bonds. The molecule has 0 saturated heterocycles. The first-order chi connectivity index (χ1) is 8.76. The van der Waals surface area contributed by atoms with E-state index in [1.54, 1.807) is 12.0 Å². The number of hydrogen-bond donors (Lipinski definition) is 0. The lowest BCUT2D eigenvalue weighted by Gasteiger charge is -2.19. The van der Waals surface area contributed by atoms with E-state index in [0.717, 1.165) is 13.0 Å². The summed E-state index contributed by atoms with van der Waals surface area (Å²) < 4.78 is 5.01. The van der Waals surface area contributed by atoms with Crippen LogP contribution in [0.15, 0.2) is 12.7 Å². The zero-order chi connectivity index (χ0) is 13.6. The Labute approximate surface area is 112 Å². The standard InChI is InChI=1S/C15H29NO2/c1-4-6-7-8-9-10-11-12-13-16(14-18-3)15(17)5-2/h5H,2,4,6-14H2,1,3H3. The van der Waals surface area contributed by atoms with Crippen LogP contribution in [0.2, 0.25) is 0 Å². The van der Waals surface area contributed by atoms with Crippen molar-refractivity contribution in [1.82, 2.24) is 4.90 Å². The van der Waals surface area contributed by atoms with E-state index in [2.05, 4.69) is 13.5 Å². The second kappa shape index (κ2) is 12.6. The highest BCUT2D eigenvalue weighted by molar-refractivity contribution is 5.86. The first kappa shape index (κ1) is 17.2. The van der Waals surface area contributed by atoms with E-state index < -0.39 is 0 Å². The summed E-state index contributed by atoms with van der Waals surface area (Å²) >= 11 is 0. The van der Waals surface area contributed by atoms with Gasteiger partial charge in [0.25, 0.3) is 0 Å². The molecule has 3 heteroatoms. The van der Waals surface area contributed by atoms with Crippen molar-refractivity contribution < 1.29 is 9.53 Å². The lowest BCUT2D eigenvalue weighted by Crippen LogP contribution is -2.32. The Kier molecular flexibility index (Phi) is 12.0. The van der Waals surface area contributed by atoms with E-state index in [9.17, 15) is 4.79 Å². The van der Waals surface area contributed by atoms with Crippen molar-refractivity contribution in [2.24, 2.45) is 0 Å². The molecule has 106 valence electrons. The van der Waals surface area contributed by atoms with Crippen LogP contribution >= 0.6 is 0 Å². The largest absolute Gasteiger partial charge is 0.364 e. The number of amides is 1. The molecular weight excluding hydrogens is 226 g/mol. The van der Waals surface area contributed by atoms with Gasteiger partial charge in [-0.05, 0) is 12.5 Å². The Hall–Kier alpha value is -0.830. The van der Waals surface area contributed by atoms with Crippen molar-refractivity contribution >= 4 is 5.91 Å². The van der Waals surface area contributed by atoms with Crippen molar-refractivity contribution in [3.05, 3.63) is 12.7 Å². The molecule has 0 aliphatic rings. The highest BCUT2D eigenvalue weighted by Crippen LogP contribution is 2.09. The number of ether oxygens (including phenoxy) is 1. The average Bonchev–Trinajstić information content (AvgIpc) is 2.39. The van der Waals surface area contributed by atoms with Crippen LogP contribution in [-0.4, -0.2) is 31.2 Å². The number of nitrogens with zero attached hydrogens (tertiary/aromatic N) is 1. The van der Waals surface area contributed by atoms with E-state index in [-0.39, 0.29) is 5.91 Å². The molecule has 0 aliphatic heterocycles. The molecule has 0 aromatic carbocycles. The van der Waals surface area contributed by atoms with Gasteiger partial charge in [-0.15, -0.1) is 0 Å². The maximum absolute atomic E-state index is 11.5. The lowest BCUT2D eigenvalue weighted by atomic mass is 10.1. The summed E-state index contributed by atoms with van der Waals surface area (Å²) in [5, 5.41) is 0. The first-order valence-electron chi connectivity index (χ1n) is 7.16. The SMILES string of the molecule is C=CC(=O)N(CCCCCCCCCC)COC. The smallest absolute Gasteiger partial charge is 0.247 e. The van der Waals surface area contributed by atoms with Gasteiger partial charge in [0.15, 0.2) is 0 Å². The van der Waals surface area contributed by atoms with Crippen LogP contribution in [-0.2, 0) is 9.53 Å². The minimum absolute atomic E-state index is 0.0419. The maximum Gasteiger partial charge on any atom is 0.247 e. The van der Waals surface area contributed by atoms with Crippen molar-refractivity contribution in [1.29, 1.82) is 0 Å². The maximum atomic E-state index is 11.5. The van der Waals surface area contributed by atoms with Crippen molar-refractivity contribution in [3.8, 4) is 0 Å². The average molecular weight is 255 g/mol. The quantitative estimate of drug-likeness (QED) is 0.302. The lowest BCUT2D eigenvalue weighted by molar-refractivity contribution is -0.130. The molecule has 0 unspecified atom stereocenters. The summed E-state index contributed by atoms with van der Waals surface area (Å²) in [6, 6.07) is 0. The molecular formula is C15H29NO2. The normalized spacial score (nSPS) is 10.3. The number of hydrogen-bond acceptors (Lipinski definition) is 2. The third-order valence-corrected chi connectivity index (χ3v) is 3.05. The van der Waals surface area contributed by atoms with Gasteiger partial charge in [-0.2, -0.15) is 0 Å². The molecule has 0 aliphatic carbocycles. The molecule has 0 fully saturated rings. The summed E-state index contributed by atoms with van der Waals surface area (Å²) in [5.74, 6) is -0.0419. The third-order valence-electron chi connectivity index (χ3n) is 3.05. The molecule has 0 bridgehead atoms. The number of carbonyl (C=O) groups is 1. The predicted molar refractivity (Wildman–Crippen MR) is 76.4 cm³/mol. The molecule has 0 aromatic heterocycles. The summed E-state index contributed by atoms with van der Waals surface area (Å²) in [5.41, 5.74) is 0. The zero-order valence-electron chi connectivity index (χ0n) is 12.1. The van der Waals surface area contributed by atoms with Crippen LogP contribution in [0.4, 0.5) is 0 Å². The van der Waals surface area contributed by atoms with Gasteiger partial charge in [0.1, 0.15) is 6.73 Å². The van der Waals surface area contributed by atoms with Crippen LogP contribution in [0.1, 0.15) is 58.3 Å². The Morgan fingerprint density at radius 3 is 2.17 bits per heavy atom. The minimum atomic E-state index is -0.0419. The van der Waals surface area contributed by atoms with Crippen LogP contribution in [0.5, 0.6) is 0 Å². The molecule has 0 atom stereocenters. The summed E-state index contributed by atoms with van der Waals surface area (Å²) in [6.45, 7) is 6.87. The Bertz CT molecular complexity index is 217. The Morgan fingerprint density at radius 2 is 1.67 bits per heavy atom. The van der Waals surface area contributed by atoms with Gasteiger partial charge in [0.05, 0.1) is 0 Å². The van der Waals surface area contributed by atoms with Gasteiger partial charge < -0.3 is 9.64 Å². The Balaban J connectivity index is 3.49. The fourth-order valence-electron chi connectivity index (χ4n) is 1.96. The van der Waals surface area contributed by atoms with Gasteiger partial charge in [0, 0.05) is 13.7 Å². The van der Waals surface area contributed by atoms with Crippen molar-refractivity contribution in [3.63, 3.8) is 0 Å². The van der Waals surface area contributed by atoms with E-state index in [4.69, 9.17) is 4.74 Å². The second-order valence-electron chi connectivity index (χ2n) is 4.70. The number of rotatable bonds is 12. The summed E-state index contributed by atoms with van der Waals surface area (Å²) in [7, 11) is 1.61. The molecule has 0 saturated carbocycles. The van der Waals surface area contributed by atoms with E-state index in [1.165, 1.54) is 51.0 Å². The van der Waals surface area contributed by atoms with E-state index in [0.29, 0.717) is 6.73 Å². The molecule has 0 N–H and O–H groups in total. The van der Waals surface area contributed by atoms with Crippen molar-refractivity contribution in [2.45, 2.75) is 58.3 Å². The number of methoxy groups -OCH3 is 1. The second-order valence-corrected chi connectivity index (χ2v) is 4.70. The van der Waals surface area contributed by atoms with E-state index in [1.807, 2.05) is 0 Å². The van der Waals surface area contributed by atoms with E-state index >= 15 is 0 Å². The zero-order valence-corrected chi connectivity index (χ0v) is 12.1. The van der Waals surface area contributed by atoms with Gasteiger partial charge in [-0.1, -0.05) is 58.4 Å². The molecule has 3 nitrogen and oxygen atoms in total. The topological polar surface area (TPSA) is 29.5 Å². The summed E-state index contributed by atoms with van der Waals surface area (Å²) in [4.78, 5) is 13.2. The van der Waals surface area contributed by atoms with Gasteiger partial charge in [0.2, 0.25) is 5.91 Å². The van der Waals surface area contributed by atoms with Crippen LogP contribution in [0.25, 0.3) is 0 Å². The monoisotopic (exact) mass is 255 g/mol. The van der Waals surface area contributed by atoms with Gasteiger partial charge in [-0.25, -0.2) is 0 Å². The van der Waals surface area contributed by atoms with Crippen LogP contribution in [0, 0.1) is 0 Å².